The van der Waals surface area contributed by atoms with Gasteiger partial charge in [-0.3, -0.25) is 4.79 Å². The highest BCUT2D eigenvalue weighted by atomic mass is 16.5. The van der Waals surface area contributed by atoms with Gasteiger partial charge in [0.2, 0.25) is 5.91 Å². The molecule has 2 unspecified atom stereocenters. The molecule has 0 radical (unpaired) electrons. The Kier molecular flexibility index (Phi) is 4.98. The van der Waals surface area contributed by atoms with Crippen LogP contribution in [0.25, 0.3) is 0 Å². The number of hydrogen-bond donors (Lipinski definition) is 0. The molecule has 1 heterocycles. The first-order chi connectivity index (χ1) is 9.84. The summed E-state index contributed by atoms with van der Waals surface area (Å²) >= 11 is 0. The maximum Gasteiger partial charge on any atom is 0.222 e. The van der Waals surface area contributed by atoms with Gasteiger partial charge < -0.3 is 9.64 Å². The molecular weight excluding hydrogens is 250 g/mol. The van der Waals surface area contributed by atoms with Gasteiger partial charge in [-0.2, -0.15) is 0 Å². The summed E-state index contributed by atoms with van der Waals surface area (Å²) in [5.74, 6) is 1.29. The molecule has 3 rings (SSSR count). The lowest BCUT2D eigenvalue weighted by Crippen LogP contribution is -2.51. The van der Waals surface area contributed by atoms with Crippen molar-refractivity contribution in [2.24, 2.45) is 5.92 Å². The van der Waals surface area contributed by atoms with Crippen molar-refractivity contribution in [3.8, 4) is 0 Å². The highest BCUT2D eigenvalue weighted by molar-refractivity contribution is 5.76. The van der Waals surface area contributed by atoms with Crippen molar-refractivity contribution in [3.05, 3.63) is 0 Å². The van der Waals surface area contributed by atoms with E-state index in [1.807, 2.05) is 0 Å². The molecule has 20 heavy (non-hydrogen) atoms. The van der Waals surface area contributed by atoms with Gasteiger partial charge in [-0.15, -0.1) is 0 Å². The third kappa shape index (κ3) is 3.36. The van der Waals surface area contributed by atoms with E-state index in [2.05, 4.69) is 4.90 Å². The highest BCUT2D eigenvalue weighted by Crippen LogP contribution is 2.31. The second kappa shape index (κ2) is 6.93. The average Bonchev–Trinajstić information content (AvgIpc) is 2.96. The van der Waals surface area contributed by atoms with Crippen molar-refractivity contribution < 1.29 is 9.53 Å². The molecule has 1 aliphatic heterocycles. The first-order valence-electron chi connectivity index (χ1n) is 8.75. The molecule has 3 aliphatic rings. The van der Waals surface area contributed by atoms with E-state index in [0.717, 1.165) is 44.8 Å². The van der Waals surface area contributed by atoms with E-state index in [1.54, 1.807) is 0 Å². The molecule has 0 N–H and O–H groups in total. The minimum atomic E-state index is 0.339. The van der Waals surface area contributed by atoms with Gasteiger partial charge in [-0.25, -0.2) is 0 Å². The van der Waals surface area contributed by atoms with Crippen LogP contribution < -0.4 is 0 Å². The van der Waals surface area contributed by atoms with Crippen LogP contribution in [0.1, 0.15) is 70.6 Å². The van der Waals surface area contributed by atoms with E-state index in [0.29, 0.717) is 18.1 Å². The molecule has 3 nitrogen and oxygen atoms in total. The number of rotatable bonds is 4. The summed E-state index contributed by atoms with van der Waals surface area (Å²) in [5, 5.41) is 0. The van der Waals surface area contributed by atoms with Crippen LogP contribution in [-0.2, 0) is 9.53 Å². The topological polar surface area (TPSA) is 29.5 Å². The molecule has 114 valence electrons. The Bertz CT molecular complexity index is 325. The monoisotopic (exact) mass is 279 g/mol. The van der Waals surface area contributed by atoms with Crippen LogP contribution >= 0.6 is 0 Å². The summed E-state index contributed by atoms with van der Waals surface area (Å²) in [5.41, 5.74) is 0. The van der Waals surface area contributed by atoms with Crippen LogP contribution in [0.3, 0.4) is 0 Å². The van der Waals surface area contributed by atoms with Crippen molar-refractivity contribution in [3.63, 3.8) is 0 Å². The van der Waals surface area contributed by atoms with Crippen LogP contribution in [0, 0.1) is 5.92 Å². The Hall–Kier alpha value is -0.570. The minimum absolute atomic E-state index is 0.339. The number of ether oxygens (including phenoxy) is 1. The summed E-state index contributed by atoms with van der Waals surface area (Å²) < 4.78 is 5.79. The van der Waals surface area contributed by atoms with Gasteiger partial charge in [-0.1, -0.05) is 32.1 Å². The fraction of sp³-hybridized carbons (Fsp3) is 0.941. The molecule has 0 spiro atoms. The maximum absolute atomic E-state index is 12.5. The Balaban J connectivity index is 1.41. The summed E-state index contributed by atoms with van der Waals surface area (Å²) in [6.07, 6.45) is 14.0. The van der Waals surface area contributed by atoms with Crippen molar-refractivity contribution in [1.82, 2.24) is 4.90 Å². The Morgan fingerprint density at radius 3 is 2.75 bits per heavy atom. The Morgan fingerprint density at radius 1 is 1.05 bits per heavy atom. The van der Waals surface area contributed by atoms with Gasteiger partial charge in [0.05, 0.1) is 18.8 Å². The molecule has 0 aromatic carbocycles. The van der Waals surface area contributed by atoms with E-state index >= 15 is 0 Å². The molecule has 1 saturated heterocycles. The molecule has 3 heteroatoms. The van der Waals surface area contributed by atoms with Crippen LogP contribution in [0.15, 0.2) is 0 Å². The summed E-state index contributed by atoms with van der Waals surface area (Å²) in [7, 11) is 0. The summed E-state index contributed by atoms with van der Waals surface area (Å²) in [4.78, 5) is 14.6. The molecule has 2 atom stereocenters. The van der Waals surface area contributed by atoms with E-state index in [1.165, 1.54) is 44.9 Å². The minimum Gasteiger partial charge on any atom is -0.374 e. The first kappa shape index (κ1) is 14.4. The summed E-state index contributed by atoms with van der Waals surface area (Å²) in [6, 6.07) is 0.394. The van der Waals surface area contributed by atoms with Crippen LogP contribution in [0.5, 0.6) is 0 Å². The van der Waals surface area contributed by atoms with E-state index < -0.39 is 0 Å². The molecule has 2 saturated carbocycles. The highest BCUT2D eigenvalue weighted by Gasteiger charge is 2.37. The van der Waals surface area contributed by atoms with Crippen LogP contribution in [0.2, 0.25) is 0 Å². The second-order valence-corrected chi connectivity index (χ2v) is 6.89. The first-order valence-corrected chi connectivity index (χ1v) is 8.75. The van der Waals surface area contributed by atoms with Crippen molar-refractivity contribution in [2.75, 3.05) is 13.2 Å². The number of hydrogen-bond acceptors (Lipinski definition) is 2. The SMILES string of the molecule is O=C(CCCC1CCCCC1)N1CCOC2CCCC21. The van der Waals surface area contributed by atoms with Gasteiger partial charge in [-0.05, 0) is 38.0 Å². The van der Waals surface area contributed by atoms with Crippen molar-refractivity contribution >= 4 is 5.91 Å². The lowest BCUT2D eigenvalue weighted by Gasteiger charge is -2.37. The normalized spacial score (nSPS) is 31.3. The number of carbonyl (C=O) groups excluding carboxylic acids is 1. The molecular formula is C17H29NO2. The average molecular weight is 279 g/mol. The summed E-state index contributed by atoms with van der Waals surface area (Å²) in [6.45, 7) is 1.57. The molecule has 3 fully saturated rings. The van der Waals surface area contributed by atoms with Gasteiger partial charge in [0.25, 0.3) is 0 Å². The van der Waals surface area contributed by atoms with Gasteiger partial charge in [0, 0.05) is 13.0 Å². The molecule has 1 amide bonds. The van der Waals surface area contributed by atoms with E-state index in [-0.39, 0.29) is 0 Å². The van der Waals surface area contributed by atoms with E-state index in [9.17, 15) is 4.79 Å². The van der Waals surface area contributed by atoms with Crippen LogP contribution in [0.4, 0.5) is 0 Å². The molecule has 0 aromatic heterocycles. The number of amides is 1. The number of fused-ring (bicyclic) bond motifs is 1. The number of nitrogens with zero attached hydrogens (tertiary/aromatic N) is 1. The zero-order valence-electron chi connectivity index (χ0n) is 12.7. The van der Waals surface area contributed by atoms with E-state index in [4.69, 9.17) is 4.74 Å². The number of carbonyl (C=O) groups is 1. The zero-order chi connectivity index (χ0) is 13.8. The predicted molar refractivity (Wildman–Crippen MR) is 79.5 cm³/mol. The molecule has 0 bridgehead atoms. The van der Waals surface area contributed by atoms with Crippen molar-refractivity contribution in [1.29, 1.82) is 0 Å². The molecule has 2 aliphatic carbocycles. The van der Waals surface area contributed by atoms with Gasteiger partial charge in [0.15, 0.2) is 0 Å². The predicted octanol–water partition coefficient (Wildman–Crippen LogP) is 3.52. The van der Waals surface area contributed by atoms with Gasteiger partial charge >= 0.3 is 0 Å². The quantitative estimate of drug-likeness (QED) is 0.788. The lowest BCUT2D eigenvalue weighted by atomic mass is 9.86. The Labute approximate surface area is 123 Å². The standard InChI is InChI=1S/C17H29NO2/c19-17(11-4-8-14-6-2-1-3-7-14)18-12-13-20-16-10-5-9-15(16)18/h14-16H,1-13H2. The van der Waals surface area contributed by atoms with Crippen molar-refractivity contribution in [2.45, 2.75) is 82.8 Å². The lowest BCUT2D eigenvalue weighted by molar-refractivity contribution is -0.144. The second-order valence-electron chi connectivity index (χ2n) is 6.89. The maximum atomic E-state index is 12.5. The molecule has 0 aromatic rings. The third-order valence-electron chi connectivity index (χ3n) is 5.53. The third-order valence-corrected chi connectivity index (χ3v) is 5.53. The smallest absolute Gasteiger partial charge is 0.222 e. The van der Waals surface area contributed by atoms with Crippen LogP contribution in [-0.4, -0.2) is 36.1 Å². The Morgan fingerprint density at radius 2 is 1.90 bits per heavy atom. The largest absolute Gasteiger partial charge is 0.374 e. The number of morpholine rings is 1. The zero-order valence-corrected chi connectivity index (χ0v) is 12.7. The fourth-order valence-electron chi connectivity index (χ4n) is 4.40. The van der Waals surface area contributed by atoms with Gasteiger partial charge in [0.1, 0.15) is 0 Å². The fourth-order valence-corrected chi connectivity index (χ4v) is 4.40.